The summed E-state index contributed by atoms with van der Waals surface area (Å²) in [5.74, 6) is -0.0403. The standard InChI is InChI=1S/C16H22N4O/c1-12-10-13(2)20(19-12)11-16(21)18-9-8-15(17)14-6-4-3-5-7-14/h3-7,10,15H,8-9,11,17H2,1-2H3,(H,18,21). The Labute approximate surface area is 125 Å². The third-order valence-electron chi connectivity index (χ3n) is 3.40. The van der Waals surface area contributed by atoms with E-state index in [0.29, 0.717) is 13.0 Å². The van der Waals surface area contributed by atoms with E-state index >= 15 is 0 Å². The van der Waals surface area contributed by atoms with E-state index in [4.69, 9.17) is 5.73 Å². The molecule has 1 atom stereocenters. The maximum atomic E-state index is 11.9. The zero-order valence-corrected chi connectivity index (χ0v) is 12.5. The van der Waals surface area contributed by atoms with Crippen molar-refractivity contribution in [3.63, 3.8) is 0 Å². The van der Waals surface area contributed by atoms with Gasteiger partial charge in [-0.3, -0.25) is 9.48 Å². The van der Waals surface area contributed by atoms with Crippen LogP contribution in [-0.4, -0.2) is 22.2 Å². The molecule has 0 fully saturated rings. The lowest BCUT2D eigenvalue weighted by atomic mass is 10.1. The van der Waals surface area contributed by atoms with Crippen LogP contribution in [0.4, 0.5) is 0 Å². The molecule has 0 bridgehead atoms. The molecule has 5 nitrogen and oxygen atoms in total. The Bertz CT molecular complexity index is 592. The lowest BCUT2D eigenvalue weighted by Crippen LogP contribution is -2.30. The molecule has 21 heavy (non-hydrogen) atoms. The molecular weight excluding hydrogens is 264 g/mol. The van der Waals surface area contributed by atoms with Gasteiger partial charge >= 0.3 is 0 Å². The number of nitrogens with two attached hydrogens (primary N) is 1. The lowest BCUT2D eigenvalue weighted by Gasteiger charge is -2.12. The molecule has 1 amide bonds. The Hall–Kier alpha value is -2.14. The fourth-order valence-corrected chi connectivity index (χ4v) is 2.26. The number of aromatic nitrogens is 2. The fraction of sp³-hybridized carbons (Fsp3) is 0.375. The number of aryl methyl sites for hydroxylation is 2. The summed E-state index contributed by atoms with van der Waals surface area (Å²) in [5.41, 5.74) is 9.09. The Morgan fingerprint density at radius 2 is 2.05 bits per heavy atom. The Morgan fingerprint density at radius 1 is 1.33 bits per heavy atom. The van der Waals surface area contributed by atoms with E-state index < -0.39 is 0 Å². The number of nitrogens with one attached hydrogen (secondary N) is 1. The average molecular weight is 286 g/mol. The first-order chi connectivity index (χ1) is 10.1. The Balaban J connectivity index is 1.76. The smallest absolute Gasteiger partial charge is 0.241 e. The SMILES string of the molecule is Cc1cc(C)n(CC(=O)NCCC(N)c2ccccc2)n1. The molecule has 112 valence electrons. The minimum Gasteiger partial charge on any atom is -0.354 e. The summed E-state index contributed by atoms with van der Waals surface area (Å²) in [6, 6.07) is 11.8. The molecule has 1 aromatic heterocycles. The van der Waals surface area contributed by atoms with E-state index in [2.05, 4.69) is 10.4 Å². The first-order valence-electron chi connectivity index (χ1n) is 7.14. The number of nitrogens with zero attached hydrogens (tertiary/aromatic N) is 2. The topological polar surface area (TPSA) is 72.9 Å². The Kier molecular flexibility index (Phi) is 5.11. The van der Waals surface area contributed by atoms with Crippen LogP contribution in [0.3, 0.4) is 0 Å². The monoisotopic (exact) mass is 286 g/mol. The molecule has 2 aromatic rings. The average Bonchev–Trinajstić information content (AvgIpc) is 2.77. The molecule has 2 rings (SSSR count). The van der Waals surface area contributed by atoms with Crippen molar-refractivity contribution in [2.75, 3.05) is 6.54 Å². The second kappa shape index (κ2) is 7.04. The molecule has 1 aromatic carbocycles. The van der Waals surface area contributed by atoms with Gasteiger partial charge in [0.25, 0.3) is 0 Å². The van der Waals surface area contributed by atoms with Gasteiger partial charge in [0, 0.05) is 18.3 Å². The van der Waals surface area contributed by atoms with E-state index in [1.54, 1.807) is 4.68 Å². The number of benzene rings is 1. The van der Waals surface area contributed by atoms with Crippen molar-refractivity contribution >= 4 is 5.91 Å². The van der Waals surface area contributed by atoms with Crippen LogP contribution in [0.5, 0.6) is 0 Å². The molecule has 0 aliphatic heterocycles. The van der Waals surface area contributed by atoms with E-state index in [-0.39, 0.29) is 18.5 Å². The molecule has 1 unspecified atom stereocenters. The predicted molar refractivity (Wildman–Crippen MR) is 82.7 cm³/mol. The van der Waals surface area contributed by atoms with Gasteiger partial charge in [-0.1, -0.05) is 30.3 Å². The predicted octanol–water partition coefficient (Wildman–Crippen LogP) is 1.71. The van der Waals surface area contributed by atoms with Crippen LogP contribution in [0, 0.1) is 13.8 Å². The molecule has 0 spiro atoms. The number of carbonyl (C=O) groups excluding carboxylic acids is 1. The third-order valence-corrected chi connectivity index (χ3v) is 3.40. The van der Waals surface area contributed by atoms with Crippen molar-refractivity contribution in [1.29, 1.82) is 0 Å². The van der Waals surface area contributed by atoms with Crippen LogP contribution < -0.4 is 11.1 Å². The summed E-state index contributed by atoms with van der Waals surface area (Å²) < 4.78 is 1.71. The summed E-state index contributed by atoms with van der Waals surface area (Å²) >= 11 is 0. The van der Waals surface area contributed by atoms with Crippen molar-refractivity contribution in [1.82, 2.24) is 15.1 Å². The van der Waals surface area contributed by atoms with Crippen LogP contribution in [0.2, 0.25) is 0 Å². The van der Waals surface area contributed by atoms with E-state index in [0.717, 1.165) is 17.0 Å². The van der Waals surface area contributed by atoms with Crippen molar-refractivity contribution in [3.05, 3.63) is 53.3 Å². The van der Waals surface area contributed by atoms with Crippen molar-refractivity contribution in [3.8, 4) is 0 Å². The van der Waals surface area contributed by atoms with Crippen LogP contribution in [0.1, 0.15) is 29.4 Å². The number of rotatable bonds is 6. The van der Waals surface area contributed by atoms with Gasteiger partial charge in [0.2, 0.25) is 5.91 Å². The second-order valence-corrected chi connectivity index (χ2v) is 5.24. The van der Waals surface area contributed by atoms with Gasteiger partial charge in [0.05, 0.1) is 5.69 Å². The number of hydrogen-bond acceptors (Lipinski definition) is 3. The van der Waals surface area contributed by atoms with Gasteiger partial charge in [-0.2, -0.15) is 5.10 Å². The summed E-state index contributed by atoms with van der Waals surface area (Å²) in [4.78, 5) is 11.9. The van der Waals surface area contributed by atoms with Crippen molar-refractivity contribution in [2.24, 2.45) is 5.73 Å². The lowest BCUT2D eigenvalue weighted by molar-refractivity contribution is -0.121. The molecule has 0 saturated carbocycles. The molecule has 0 aliphatic rings. The zero-order valence-electron chi connectivity index (χ0n) is 12.5. The minimum absolute atomic E-state index is 0.0403. The van der Waals surface area contributed by atoms with E-state index in [9.17, 15) is 4.79 Å². The zero-order chi connectivity index (χ0) is 15.2. The van der Waals surface area contributed by atoms with Gasteiger partial charge in [-0.25, -0.2) is 0 Å². The molecule has 0 radical (unpaired) electrons. The van der Waals surface area contributed by atoms with Gasteiger partial charge < -0.3 is 11.1 Å². The first-order valence-corrected chi connectivity index (χ1v) is 7.14. The Morgan fingerprint density at radius 3 is 2.67 bits per heavy atom. The maximum absolute atomic E-state index is 11.9. The highest BCUT2D eigenvalue weighted by atomic mass is 16.2. The molecule has 5 heteroatoms. The van der Waals surface area contributed by atoms with Gasteiger partial charge in [0.1, 0.15) is 6.54 Å². The quantitative estimate of drug-likeness (QED) is 0.849. The van der Waals surface area contributed by atoms with E-state index in [1.165, 1.54) is 0 Å². The van der Waals surface area contributed by atoms with Crippen LogP contribution in [0.25, 0.3) is 0 Å². The number of carbonyl (C=O) groups is 1. The molecule has 3 N–H and O–H groups in total. The number of hydrogen-bond donors (Lipinski definition) is 2. The summed E-state index contributed by atoms with van der Waals surface area (Å²) in [7, 11) is 0. The molecule has 0 aliphatic carbocycles. The van der Waals surface area contributed by atoms with Gasteiger partial charge in [-0.15, -0.1) is 0 Å². The highest BCUT2D eigenvalue weighted by Crippen LogP contribution is 2.12. The summed E-state index contributed by atoms with van der Waals surface area (Å²) in [5, 5.41) is 7.16. The van der Waals surface area contributed by atoms with Crippen LogP contribution in [0.15, 0.2) is 36.4 Å². The third kappa shape index (κ3) is 4.43. The fourth-order valence-electron chi connectivity index (χ4n) is 2.26. The van der Waals surface area contributed by atoms with Crippen molar-refractivity contribution < 1.29 is 4.79 Å². The molecule has 1 heterocycles. The van der Waals surface area contributed by atoms with Gasteiger partial charge in [0.15, 0.2) is 0 Å². The first kappa shape index (κ1) is 15.3. The largest absolute Gasteiger partial charge is 0.354 e. The van der Waals surface area contributed by atoms with Crippen LogP contribution in [-0.2, 0) is 11.3 Å². The summed E-state index contributed by atoms with van der Waals surface area (Å²) in [6.07, 6.45) is 0.715. The van der Waals surface area contributed by atoms with Crippen molar-refractivity contribution in [2.45, 2.75) is 32.9 Å². The highest BCUT2D eigenvalue weighted by Gasteiger charge is 2.08. The summed E-state index contributed by atoms with van der Waals surface area (Å²) in [6.45, 7) is 4.67. The molecule has 0 saturated heterocycles. The van der Waals surface area contributed by atoms with Gasteiger partial charge in [-0.05, 0) is 31.9 Å². The van der Waals surface area contributed by atoms with Crippen LogP contribution >= 0.6 is 0 Å². The maximum Gasteiger partial charge on any atom is 0.241 e. The highest BCUT2D eigenvalue weighted by molar-refractivity contribution is 5.75. The minimum atomic E-state index is -0.0554. The van der Waals surface area contributed by atoms with E-state index in [1.807, 2.05) is 50.2 Å². The second-order valence-electron chi connectivity index (χ2n) is 5.24. The molecular formula is C16H22N4O. The number of amides is 1. The normalized spacial score (nSPS) is 12.1.